The number of hydrogen-bond acceptors (Lipinski definition) is 3. The zero-order valence-corrected chi connectivity index (χ0v) is 13.2. The molecule has 25 heavy (non-hydrogen) atoms. The number of carbonyl (C=O) groups is 1. The second-order valence-electron chi connectivity index (χ2n) is 6.04. The number of halogens is 1. The first-order valence-electron chi connectivity index (χ1n) is 7.85. The van der Waals surface area contributed by atoms with Crippen LogP contribution in [-0.2, 0) is 13.0 Å². The van der Waals surface area contributed by atoms with Crippen molar-refractivity contribution in [1.29, 1.82) is 0 Å². The SMILES string of the molecule is O=C(c1c[nH]c2ccc([N+](=O)[O-])cc12)N1CCc2cccc(F)c2C1. The van der Waals surface area contributed by atoms with Crippen molar-refractivity contribution in [2.45, 2.75) is 13.0 Å². The van der Waals surface area contributed by atoms with Gasteiger partial charge in [0, 0.05) is 47.9 Å². The van der Waals surface area contributed by atoms with E-state index in [1.165, 1.54) is 18.2 Å². The third kappa shape index (κ3) is 2.53. The number of hydrogen-bond donors (Lipinski definition) is 1. The minimum Gasteiger partial charge on any atom is -0.360 e. The summed E-state index contributed by atoms with van der Waals surface area (Å²) in [6.07, 6.45) is 2.13. The maximum absolute atomic E-state index is 14.0. The van der Waals surface area contributed by atoms with Gasteiger partial charge in [0.25, 0.3) is 11.6 Å². The van der Waals surface area contributed by atoms with Gasteiger partial charge in [-0.3, -0.25) is 14.9 Å². The molecule has 0 fully saturated rings. The number of nitrogens with one attached hydrogen (secondary N) is 1. The van der Waals surface area contributed by atoms with Crippen molar-refractivity contribution in [1.82, 2.24) is 9.88 Å². The van der Waals surface area contributed by atoms with Crippen LogP contribution in [0.1, 0.15) is 21.5 Å². The van der Waals surface area contributed by atoms with Gasteiger partial charge < -0.3 is 9.88 Å². The van der Waals surface area contributed by atoms with Crippen LogP contribution in [0.3, 0.4) is 0 Å². The highest BCUT2D eigenvalue weighted by atomic mass is 19.1. The van der Waals surface area contributed by atoms with Gasteiger partial charge in [0.05, 0.1) is 10.5 Å². The summed E-state index contributed by atoms with van der Waals surface area (Å²) in [4.78, 5) is 27.9. The molecule has 6 nitrogen and oxygen atoms in total. The van der Waals surface area contributed by atoms with Gasteiger partial charge in [-0.2, -0.15) is 0 Å². The Labute approximate surface area is 142 Å². The fourth-order valence-corrected chi connectivity index (χ4v) is 3.28. The van der Waals surface area contributed by atoms with Gasteiger partial charge in [-0.15, -0.1) is 0 Å². The number of nitrogens with zero attached hydrogens (tertiary/aromatic N) is 2. The van der Waals surface area contributed by atoms with E-state index >= 15 is 0 Å². The van der Waals surface area contributed by atoms with Gasteiger partial charge in [-0.25, -0.2) is 4.39 Å². The zero-order chi connectivity index (χ0) is 17.6. The van der Waals surface area contributed by atoms with Crippen molar-refractivity contribution in [3.05, 3.63) is 75.2 Å². The molecule has 1 aromatic heterocycles. The second-order valence-corrected chi connectivity index (χ2v) is 6.04. The first-order valence-corrected chi connectivity index (χ1v) is 7.85. The van der Waals surface area contributed by atoms with E-state index in [-0.39, 0.29) is 24.0 Å². The van der Waals surface area contributed by atoms with Crippen molar-refractivity contribution in [3.8, 4) is 0 Å². The average molecular weight is 339 g/mol. The number of H-pyrrole nitrogens is 1. The molecule has 0 aliphatic carbocycles. The van der Waals surface area contributed by atoms with Crippen molar-refractivity contribution in [2.75, 3.05) is 6.54 Å². The number of benzene rings is 2. The molecule has 0 saturated carbocycles. The van der Waals surface area contributed by atoms with Gasteiger partial charge >= 0.3 is 0 Å². The monoisotopic (exact) mass is 339 g/mol. The maximum atomic E-state index is 14.0. The molecule has 0 atom stereocenters. The van der Waals surface area contributed by atoms with Crippen LogP contribution in [0.4, 0.5) is 10.1 Å². The van der Waals surface area contributed by atoms with Crippen LogP contribution in [0.15, 0.2) is 42.6 Å². The molecular weight excluding hydrogens is 325 g/mol. The maximum Gasteiger partial charge on any atom is 0.270 e. The van der Waals surface area contributed by atoms with E-state index in [0.717, 1.165) is 5.56 Å². The lowest BCUT2D eigenvalue weighted by molar-refractivity contribution is -0.384. The first kappa shape index (κ1) is 15.3. The number of aromatic nitrogens is 1. The molecule has 2 aromatic carbocycles. The first-order chi connectivity index (χ1) is 12.0. The minimum absolute atomic E-state index is 0.0730. The number of carbonyl (C=O) groups excluding carboxylic acids is 1. The number of fused-ring (bicyclic) bond motifs is 2. The Morgan fingerprint density at radius 1 is 1.28 bits per heavy atom. The third-order valence-corrected chi connectivity index (χ3v) is 4.61. The highest BCUT2D eigenvalue weighted by molar-refractivity contribution is 6.07. The quantitative estimate of drug-likeness (QED) is 0.574. The number of non-ortho nitro benzene ring substituents is 1. The van der Waals surface area contributed by atoms with Crippen molar-refractivity contribution < 1.29 is 14.1 Å². The van der Waals surface area contributed by atoms with E-state index in [9.17, 15) is 19.3 Å². The van der Waals surface area contributed by atoms with Gasteiger partial charge in [-0.1, -0.05) is 12.1 Å². The zero-order valence-electron chi connectivity index (χ0n) is 13.2. The normalized spacial score (nSPS) is 13.7. The van der Waals surface area contributed by atoms with Crippen molar-refractivity contribution in [3.63, 3.8) is 0 Å². The molecule has 3 aromatic rings. The van der Waals surface area contributed by atoms with Crippen LogP contribution in [-0.4, -0.2) is 27.3 Å². The van der Waals surface area contributed by atoms with E-state index in [1.54, 1.807) is 23.2 Å². The largest absolute Gasteiger partial charge is 0.360 e. The summed E-state index contributed by atoms with van der Waals surface area (Å²) in [5.41, 5.74) is 2.39. The summed E-state index contributed by atoms with van der Waals surface area (Å²) in [7, 11) is 0. The summed E-state index contributed by atoms with van der Waals surface area (Å²) < 4.78 is 14.0. The lowest BCUT2D eigenvalue weighted by Crippen LogP contribution is -2.36. The Kier molecular flexibility index (Phi) is 3.49. The Bertz CT molecular complexity index is 1010. The van der Waals surface area contributed by atoms with Gasteiger partial charge in [0.15, 0.2) is 0 Å². The molecule has 0 radical (unpaired) electrons. The highest BCUT2D eigenvalue weighted by Crippen LogP contribution is 2.27. The number of aromatic amines is 1. The van der Waals surface area contributed by atoms with E-state index in [2.05, 4.69) is 4.98 Å². The molecule has 0 bridgehead atoms. The fraction of sp³-hybridized carbons (Fsp3) is 0.167. The molecule has 4 rings (SSSR count). The lowest BCUT2D eigenvalue weighted by atomic mass is 9.98. The molecule has 2 heterocycles. The summed E-state index contributed by atoms with van der Waals surface area (Å²) in [6.45, 7) is 0.680. The predicted molar refractivity (Wildman–Crippen MR) is 89.8 cm³/mol. The molecule has 0 unspecified atom stereocenters. The molecule has 126 valence electrons. The molecule has 0 spiro atoms. The number of nitro groups is 1. The Morgan fingerprint density at radius 2 is 2.12 bits per heavy atom. The summed E-state index contributed by atoms with van der Waals surface area (Å²) in [5.74, 6) is -0.579. The van der Waals surface area contributed by atoms with Crippen LogP contribution in [0.25, 0.3) is 10.9 Å². The van der Waals surface area contributed by atoms with E-state index < -0.39 is 4.92 Å². The van der Waals surface area contributed by atoms with Gasteiger partial charge in [0.2, 0.25) is 0 Å². The number of amides is 1. The summed E-state index contributed by atoms with van der Waals surface area (Å²) in [5, 5.41) is 11.5. The smallest absolute Gasteiger partial charge is 0.270 e. The topological polar surface area (TPSA) is 79.2 Å². The minimum atomic E-state index is -0.493. The number of rotatable bonds is 2. The molecule has 1 aliphatic rings. The second kappa shape index (κ2) is 5.70. The predicted octanol–water partition coefficient (Wildman–Crippen LogP) is 3.41. The standard InChI is InChI=1S/C18H14FN3O3/c19-16-3-1-2-11-6-7-21(10-15(11)16)18(23)14-9-20-17-5-4-12(22(24)25)8-13(14)17/h1-5,8-9,20H,6-7,10H2. The molecule has 0 saturated heterocycles. The molecular formula is C18H14FN3O3. The fourth-order valence-electron chi connectivity index (χ4n) is 3.28. The molecule has 1 aliphatic heterocycles. The average Bonchev–Trinajstić information content (AvgIpc) is 3.04. The third-order valence-electron chi connectivity index (χ3n) is 4.61. The van der Waals surface area contributed by atoms with Crippen LogP contribution >= 0.6 is 0 Å². The van der Waals surface area contributed by atoms with Crippen LogP contribution < -0.4 is 0 Å². The van der Waals surface area contributed by atoms with Crippen LogP contribution in [0.5, 0.6) is 0 Å². The molecule has 1 amide bonds. The highest BCUT2D eigenvalue weighted by Gasteiger charge is 2.26. The van der Waals surface area contributed by atoms with Gasteiger partial charge in [0.1, 0.15) is 5.82 Å². The van der Waals surface area contributed by atoms with Crippen molar-refractivity contribution >= 4 is 22.5 Å². The van der Waals surface area contributed by atoms with Crippen LogP contribution in [0, 0.1) is 15.9 Å². The van der Waals surface area contributed by atoms with Gasteiger partial charge in [-0.05, 0) is 24.1 Å². The Balaban J connectivity index is 1.70. The van der Waals surface area contributed by atoms with Crippen molar-refractivity contribution in [2.24, 2.45) is 0 Å². The van der Waals surface area contributed by atoms with E-state index in [1.807, 2.05) is 6.07 Å². The van der Waals surface area contributed by atoms with E-state index in [4.69, 9.17) is 0 Å². The summed E-state index contributed by atoms with van der Waals surface area (Å²) in [6, 6.07) is 9.29. The lowest BCUT2D eigenvalue weighted by Gasteiger charge is -2.29. The Hall–Kier alpha value is -3.22. The van der Waals surface area contributed by atoms with Crippen LogP contribution in [0.2, 0.25) is 0 Å². The Morgan fingerprint density at radius 3 is 2.92 bits per heavy atom. The molecule has 1 N–H and O–H groups in total. The summed E-state index contributed by atoms with van der Waals surface area (Å²) >= 11 is 0. The molecule has 7 heteroatoms. The number of nitro benzene ring substituents is 1. The van der Waals surface area contributed by atoms with E-state index in [0.29, 0.717) is 35.0 Å².